The molecule has 0 unspecified atom stereocenters. The quantitative estimate of drug-likeness (QED) is 0.882. The molecule has 1 aromatic carbocycles. The van der Waals surface area contributed by atoms with E-state index in [0.29, 0.717) is 5.25 Å². The Labute approximate surface area is 129 Å². The minimum Gasteiger partial charge on any atom is -0.306 e. The fourth-order valence-corrected chi connectivity index (χ4v) is 5.10. The Morgan fingerprint density at radius 2 is 2.35 bits per heavy atom. The van der Waals surface area contributed by atoms with Crippen LogP contribution in [0.2, 0.25) is 0 Å². The lowest BCUT2D eigenvalue weighted by atomic mass is 10.3. The Hall–Kier alpha value is -1.05. The van der Waals surface area contributed by atoms with Crippen LogP contribution in [0, 0.1) is 0 Å². The second-order valence-electron chi connectivity index (χ2n) is 4.33. The maximum Gasteiger partial charge on any atom is 0.222 e. The molecule has 20 heavy (non-hydrogen) atoms. The van der Waals surface area contributed by atoms with Gasteiger partial charge in [0, 0.05) is 17.9 Å². The Balaban J connectivity index is 1.54. The van der Waals surface area contributed by atoms with Crippen LogP contribution in [-0.4, -0.2) is 33.6 Å². The van der Waals surface area contributed by atoms with Crippen molar-refractivity contribution in [1.82, 2.24) is 10.3 Å². The highest BCUT2D eigenvalue weighted by Gasteiger charge is 2.21. The number of aromatic nitrogens is 1. The summed E-state index contributed by atoms with van der Waals surface area (Å²) >= 11 is 5.13. The average molecular weight is 323 g/mol. The molecule has 1 atom stereocenters. The second-order valence-corrected chi connectivity index (χ2v) is 7.91. The van der Waals surface area contributed by atoms with E-state index in [0.717, 1.165) is 27.3 Å². The van der Waals surface area contributed by atoms with E-state index in [4.69, 9.17) is 0 Å². The van der Waals surface area contributed by atoms with Crippen molar-refractivity contribution in [1.29, 1.82) is 0 Å². The molecule has 2 heterocycles. The van der Waals surface area contributed by atoms with Crippen molar-refractivity contribution in [3.05, 3.63) is 24.3 Å². The number of aliphatic imine (C=N–C) groups is 1. The molecule has 0 saturated carbocycles. The summed E-state index contributed by atoms with van der Waals surface area (Å²) in [4.78, 5) is 19.9. The van der Waals surface area contributed by atoms with E-state index in [-0.39, 0.29) is 5.91 Å². The minimum absolute atomic E-state index is 0.0595. The number of nitrogens with zero attached hydrogens (tertiary/aromatic N) is 2. The monoisotopic (exact) mass is 323 g/mol. The molecule has 0 aliphatic carbocycles. The van der Waals surface area contributed by atoms with Crippen molar-refractivity contribution in [3.63, 3.8) is 0 Å². The first kappa shape index (κ1) is 13.9. The zero-order valence-electron chi connectivity index (χ0n) is 10.8. The van der Waals surface area contributed by atoms with Gasteiger partial charge in [-0.25, -0.2) is 4.98 Å². The first-order valence-electron chi connectivity index (χ1n) is 6.18. The summed E-state index contributed by atoms with van der Waals surface area (Å²) in [6.07, 6.45) is 0. The lowest BCUT2D eigenvalue weighted by Crippen LogP contribution is -2.24. The fourth-order valence-electron chi connectivity index (χ4n) is 1.80. The molecule has 0 saturated heterocycles. The Kier molecular flexibility index (Phi) is 4.28. The summed E-state index contributed by atoms with van der Waals surface area (Å²) in [5, 5.41) is 3.90. The molecule has 1 aliphatic rings. The number of amidine groups is 1. The highest BCUT2D eigenvalue weighted by Crippen LogP contribution is 2.32. The van der Waals surface area contributed by atoms with Crippen molar-refractivity contribution in [2.24, 2.45) is 4.99 Å². The van der Waals surface area contributed by atoms with Gasteiger partial charge >= 0.3 is 0 Å². The van der Waals surface area contributed by atoms with Gasteiger partial charge < -0.3 is 5.32 Å². The summed E-state index contributed by atoms with van der Waals surface area (Å²) in [5.74, 6) is 0.896. The lowest BCUT2D eigenvalue weighted by Gasteiger charge is -2.05. The Morgan fingerprint density at radius 3 is 3.15 bits per heavy atom. The summed E-state index contributed by atoms with van der Waals surface area (Å²) in [5.41, 5.74) is 1.06. The second kappa shape index (κ2) is 6.15. The molecule has 0 spiro atoms. The number of thiazole rings is 1. The molecule has 1 amide bonds. The first-order chi connectivity index (χ1) is 9.70. The molecule has 0 fully saturated rings. The maximum atomic E-state index is 11.0. The standard InChI is InChI=1S/C13H13N3OS3/c1-8(17)15-12-14-6-9(19-12)7-18-13-16-10-4-2-3-5-11(10)20-13/h2-5,9H,6-7H2,1H3,(H,14,15,17)/t9-/m0/s1. The van der Waals surface area contributed by atoms with Crippen molar-refractivity contribution in [2.75, 3.05) is 12.3 Å². The molecule has 7 heteroatoms. The molecule has 104 valence electrons. The molecule has 3 rings (SSSR count). The molecule has 0 radical (unpaired) electrons. The number of hydrogen-bond donors (Lipinski definition) is 1. The van der Waals surface area contributed by atoms with Crippen LogP contribution in [-0.2, 0) is 4.79 Å². The average Bonchev–Trinajstić information content (AvgIpc) is 3.01. The summed E-state index contributed by atoms with van der Waals surface area (Å²) in [6, 6.07) is 8.18. The highest BCUT2D eigenvalue weighted by molar-refractivity contribution is 8.15. The van der Waals surface area contributed by atoms with Gasteiger partial charge in [-0.15, -0.1) is 11.3 Å². The van der Waals surface area contributed by atoms with Crippen molar-refractivity contribution < 1.29 is 4.79 Å². The van der Waals surface area contributed by atoms with Crippen molar-refractivity contribution >= 4 is 56.2 Å². The summed E-state index contributed by atoms with van der Waals surface area (Å²) in [7, 11) is 0. The fraction of sp³-hybridized carbons (Fsp3) is 0.308. The number of carbonyl (C=O) groups excluding carboxylic acids is 1. The van der Waals surface area contributed by atoms with Gasteiger partial charge in [-0.05, 0) is 12.1 Å². The predicted octanol–water partition coefficient (Wildman–Crippen LogP) is 3.00. The van der Waals surface area contributed by atoms with E-state index in [9.17, 15) is 4.79 Å². The molecule has 4 nitrogen and oxygen atoms in total. The molecule has 2 aromatic rings. The van der Waals surface area contributed by atoms with Gasteiger partial charge in [-0.2, -0.15) is 0 Å². The molecular weight excluding hydrogens is 310 g/mol. The summed E-state index contributed by atoms with van der Waals surface area (Å²) in [6.45, 7) is 2.27. The number of benzene rings is 1. The Morgan fingerprint density at radius 1 is 1.50 bits per heavy atom. The molecule has 1 aliphatic heterocycles. The highest BCUT2D eigenvalue weighted by atomic mass is 32.2. The van der Waals surface area contributed by atoms with Gasteiger partial charge in [-0.3, -0.25) is 9.79 Å². The van der Waals surface area contributed by atoms with Crippen LogP contribution >= 0.6 is 34.9 Å². The van der Waals surface area contributed by atoms with Gasteiger partial charge in [0.25, 0.3) is 0 Å². The molecule has 1 aromatic heterocycles. The van der Waals surface area contributed by atoms with E-state index in [2.05, 4.69) is 21.4 Å². The minimum atomic E-state index is -0.0595. The first-order valence-corrected chi connectivity index (χ1v) is 8.86. The predicted molar refractivity (Wildman–Crippen MR) is 87.8 cm³/mol. The van der Waals surface area contributed by atoms with Crippen LogP contribution in [0.25, 0.3) is 10.2 Å². The third-order valence-electron chi connectivity index (χ3n) is 2.67. The van der Waals surface area contributed by atoms with Gasteiger partial charge in [-0.1, -0.05) is 35.7 Å². The number of hydrogen-bond acceptors (Lipinski definition) is 6. The van der Waals surface area contributed by atoms with Crippen LogP contribution in [0.1, 0.15) is 6.92 Å². The smallest absolute Gasteiger partial charge is 0.222 e. The largest absolute Gasteiger partial charge is 0.306 e. The number of carbonyl (C=O) groups is 1. The van der Waals surface area contributed by atoms with Gasteiger partial charge in [0.2, 0.25) is 5.91 Å². The Bertz CT molecular complexity index is 635. The van der Waals surface area contributed by atoms with Crippen LogP contribution in [0.4, 0.5) is 0 Å². The number of fused-ring (bicyclic) bond motifs is 1. The maximum absolute atomic E-state index is 11.0. The van der Waals surface area contributed by atoms with E-state index in [1.165, 1.54) is 11.6 Å². The molecule has 1 N–H and O–H groups in total. The third-order valence-corrected chi connectivity index (χ3v) is 6.32. The van der Waals surface area contributed by atoms with Gasteiger partial charge in [0.1, 0.15) is 0 Å². The lowest BCUT2D eigenvalue weighted by molar-refractivity contribution is -0.117. The van der Waals surface area contributed by atoms with Gasteiger partial charge in [0.05, 0.1) is 16.8 Å². The number of para-hydroxylation sites is 1. The van der Waals surface area contributed by atoms with Gasteiger partial charge in [0.15, 0.2) is 9.51 Å². The number of nitrogens with one attached hydrogen (secondary N) is 1. The molecular formula is C13H13N3OS3. The number of thioether (sulfide) groups is 2. The van der Waals surface area contributed by atoms with Crippen LogP contribution in [0.15, 0.2) is 33.6 Å². The van der Waals surface area contributed by atoms with Crippen LogP contribution in [0.3, 0.4) is 0 Å². The molecule has 0 bridgehead atoms. The third kappa shape index (κ3) is 3.34. The van der Waals surface area contributed by atoms with E-state index in [1.54, 1.807) is 34.9 Å². The van der Waals surface area contributed by atoms with Crippen molar-refractivity contribution in [2.45, 2.75) is 16.5 Å². The zero-order chi connectivity index (χ0) is 13.9. The van der Waals surface area contributed by atoms with Crippen LogP contribution in [0.5, 0.6) is 0 Å². The van der Waals surface area contributed by atoms with E-state index < -0.39 is 0 Å². The van der Waals surface area contributed by atoms with Crippen molar-refractivity contribution in [3.8, 4) is 0 Å². The van der Waals surface area contributed by atoms with E-state index in [1.807, 2.05) is 18.2 Å². The topological polar surface area (TPSA) is 54.4 Å². The zero-order valence-corrected chi connectivity index (χ0v) is 13.3. The van der Waals surface area contributed by atoms with Crippen LogP contribution < -0.4 is 5.32 Å². The SMILES string of the molecule is CC(=O)NC1=NC[C@@H](CSc2nc3ccccc3s2)S1. The number of amides is 1. The number of rotatable bonds is 3. The van der Waals surface area contributed by atoms with E-state index >= 15 is 0 Å². The normalized spacial score (nSPS) is 18.2. The summed E-state index contributed by atoms with van der Waals surface area (Å²) < 4.78 is 2.32.